The van der Waals surface area contributed by atoms with Gasteiger partial charge in [-0.15, -0.1) is 0 Å². The highest BCUT2D eigenvalue weighted by molar-refractivity contribution is 9.10. The van der Waals surface area contributed by atoms with Crippen LogP contribution >= 0.6 is 39.1 Å². The van der Waals surface area contributed by atoms with Crippen LogP contribution in [-0.4, -0.2) is 79.6 Å². The van der Waals surface area contributed by atoms with E-state index in [1.54, 1.807) is 17.0 Å². The Labute approximate surface area is 212 Å². The van der Waals surface area contributed by atoms with E-state index >= 15 is 0 Å². The Hall–Kier alpha value is -1.39. The first kappa shape index (κ1) is 26.2. The Balaban J connectivity index is 1.53. The van der Waals surface area contributed by atoms with E-state index in [0.717, 1.165) is 23.1 Å². The summed E-state index contributed by atoms with van der Waals surface area (Å²) in [5, 5.41) is 14.4. The Bertz CT molecular complexity index is 898. The Morgan fingerprint density at radius 2 is 1.91 bits per heavy atom. The van der Waals surface area contributed by atoms with Crippen LogP contribution in [-0.2, 0) is 16.1 Å². The number of carbonyl (C=O) groups excluding carboxylic acids is 1. The minimum Gasteiger partial charge on any atom is -0.389 e. The zero-order valence-corrected chi connectivity index (χ0v) is 21.3. The lowest BCUT2D eigenvalue weighted by molar-refractivity contribution is 0.0109. The molecule has 1 fully saturated rings. The molecule has 2 amide bonds. The largest absolute Gasteiger partial charge is 0.389 e. The molecule has 2 aromatic carbocycles. The van der Waals surface area contributed by atoms with Gasteiger partial charge in [-0.25, -0.2) is 4.79 Å². The minimum absolute atomic E-state index is 0.0832. The standard InChI is InChI=1S/C23H28BrCl2N3O4/c24-18-2-4-19(5-3-18)27-23(31)29(8-7-28-9-11-32-12-10-28)14-20(30)16-33-15-17-1-6-21(25)22(26)13-17/h1-6,13,20,30H,7-12,14-16H2,(H,27,31). The van der Waals surface area contributed by atoms with Gasteiger partial charge in [-0.3, -0.25) is 4.90 Å². The van der Waals surface area contributed by atoms with Crippen LogP contribution in [0.2, 0.25) is 10.0 Å². The van der Waals surface area contributed by atoms with Crippen molar-refractivity contribution in [3.05, 3.63) is 62.5 Å². The number of halogens is 3. The molecule has 1 aliphatic heterocycles. The van der Waals surface area contributed by atoms with E-state index in [1.807, 2.05) is 30.3 Å². The molecule has 0 spiro atoms. The van der Waals surface area contributed by atoms with Crippen molar-refractivity contribution in [1.82, 2.24) is 9.80 Å². The maximum Gasteiger partial charge on any atom is 0.321 e. The van der Waals surface area contributed by atoms with Gasteiger partial charge in [0.2, 0.25) is 0 Å². The number of hydrogen-bond acceptors (Lipinski definition) is 5. The van der Waals surface area contributed by atoms with Gasteiger partial charge in [0.25, 0.3) is 0 Å². The highest BCUT2D eigenvalue weighted by Gasteiger charge is 2.20. The number of nitrogens with zero attached hydrogens (tertiary/aromatic N) is 2. The smallest absolute Gasteiger partial charge is 0.321 e. The number of rotatable bonds is 10. The van der Waals surface area contributed by atoms with Crippen LogP contribution < -0.4 is 5.32 Å². The van der Waals surface area contributed by atoms with Crippen LogP contribution in [0, 0.1) is 0 Å². The van der Waals surface area contributed by atoms with Crippen LogP contribution in [0.4, 0.5) is 10.5 Å². The molecule has 1 heterocycles. The highest BCUT2D eigenvalue weighted by atomic mass is 79.9. The average Bonchev–Trinajstić information content (AvgIpc) is 2.81. The van der Waals surface area contributed by atoms with E-state index in [0.29, 0.717) is 42.0 Å². The van der Waals surface area contributed by atoms with Crippen molar-refractivity contribution >= 4 is 50.9 Å². The number of amides is 2. The van der Waals surface area contributed by atoms with Gasteiger partial charge in [-0.2, -0.15) is 0 Å². The summed E-state index contributed by atoms with van der Waals surface area (Å²) in [5.41, 5.74) is 1.54. The zero-order valence-electron chi connectivity index (χ0n) is 18.2. The topological polar surface area (TPSA) is 74.3 Å². The third-order valence-corrected chi connectivity index (χ3v) is 6.43. The van der Waals surface area contributed by atoms with Crippen LogP contribution in [0.15, 0.2) is 46.9 Å². The molecule has 1 aliphatic rings. The summed E-state index contributed by atoms with van der Waals surface area (Å²) in [4.78, 5) is 16.8. The number of aliphatic hydroxyl groups excluding tert-OH is 1. The van der Waals surface area contributed by atoms with E-state index in [-0.39, 0.29) is 25.8 Å². The monoisotopic (exact) mass is 559 g/mol. The lowest BCUT2D eigenvalue weighted by Gasteiger charge is -2.31. The van der Waals surface area contributed by atoms with Crippen molar-refractivity contribution in [3.63, 3.8) is 0 Å². The average molecular weight is 561 g/mol. The van der Waals surface area contributed by atoms with Crippen LogP contribution in [0.3, 0.4) is 0 Å². The third-order valence-electron chi connectivity index (χ3n) is 5.17. The fourth-order valence-corrected chi connectivity index (χ4v) is 3.93. The number of nitrogens with one attached hydrogen (secondary N) is 1. The SMILES string of the molecule is O=C(Nc1ccc(Br)cc1)N(CCN1CCOCC1)CC(O)COCc1ccc(Cl)c(Cl)c1. The minimum atomic E-state index is -0.840. The molecule has 2 N–H and O–H groups in total. The van der Waals surface area contributed by atoms with Crippen molar-refractivity contribution in [3.8, 4) is 0 Å². The Kier molecular flexibility index (Phi) is 10.7. The molecule has 0 aromatic heterocycles. The van der Waals surface area contributed by atoms with Crippen molar-refractivity contribution in [2.24, 2.45) is 0 Å². The first-order chi connectivity index (χ1) is 15.9. The molecule has 0 saturated carbocycles. The number of carbonyl (C=O) groups is 1. The first-order valence-corrected chi connectivity index (χ1v) is 12.3. The fourth-order valence-electron chi connectivity index (χ4n) is 3.35. The lowest BCUT2D eigenvalue weighted by Crippen LogP contribution is -2.47. The normalized spacial score (nSPS) is 15.3. The fraction of sp³-hybridized carbons (Fsp3) is 0.435. The highest BCUT2D eigenvalue weighted by Crippen LogP contribution is 2.23. The molecular weight excluding hydrogens is 533 g/mol. The Morgan fingerprint density at radius 1 is 1.18 bits per heavy atom. The quantitative estimate of drug-likeness (QED) is 0.447. The maximum atomic E-state index is 13.0. The second-order valence-corrected chi connectivity index (χ2v) is 9.48. The molecule has 3 rings (SSSR count). The van der Waals surface area contributed by atoms with Crippen LogP contribution in [0.5, 0.6) is 0 Å². The van der Waals surface area contributed by atoms with E-state index in [2.05, 4.69) is 26.1 Å². The summed E-state index contributed by atoms with van der Waals surface area (Å²) in [5.74, 6) is 0. The molecule has 0 radical (unpaired) electrons. The maximum absolute atomic E-state index is 13.0. The van der Waals surface area contributed by atoms with E-state index in [1.165, 1.54) is 0 Å². The van der Waals surface area contributed by atoms with Gasteiger partial charge in [0.1, 0.15) is 0 Å². The zero-order chi connectivity index (χ0) is 23.6. The molecule has 0 aliphatic carbocycles. The number of hydrogen-bond donors (Lipinski definition) is 2. The number of anilines is 1. The third kappa shape index (κ3) is 9.05. The number of urea groups is 1. The van der Waals surface area contributed by atoms with Crippen molar-refractivity contribution in [2.75, 3.05) is 57.9 Å². The molecule has 1 unspecified atom stereocenters. The van der Waals surface area contributed by atoms with Gasteiger partial charge in [-0.05, 0) is 42.0 Å². The number of aliphatic hydroxyl groups is 1. The molecule has 33 heavy (non-hydrogen) atoms. The molecule has 0 bridgehead atoms. The molecular formula is C23H28BrCl2N3O4. The van der Waals surface area contributed by atoms with Gasteiger partial charge in [0, 0.05) is 36.3 Å². The van der Waals surface area contributed by atoms with Gasteiger partial charge in [0.05, 0.1) is 49.1 Å². The molecule has 180 valence electrons. The summed E-state index contributed by atoms with van der Waals surface area (Å²) in [6, 6.07) is 12.3. The number of ether oxygens (including phenoxy) is 2. The van der Waals surface area contributed by atoms with Crippen molar-refractivity contribution in [2.45, 2.75) is 12.7 Å². The Morgan fingerprint density at radius 3 is 2.61 bits per heavy atom. The summed E-state index contributed by atoms with van der Waals surface area (Å²) in [6.07, 6.45) is -0.840. The lowest BCUT2D eigenvalue weighted by atomic mass is 10.2. The van der Waals surface area contributed by atoms with Crippen molar-refractivity contribution in [1.29, 1.82) is 0 Å². The predicted octanol–water partition coefficient (Wildman–Crippen LogP) is 4.50. The van der Waals surface area contributed by atoms with Gasteiger partial charge in [0.15, 0.2) is 0 Å². The van der Waals surface area contributed by atoms with Gasteiger partial charge < -0.3 is 24.8 Å². The van der Waals surface area contributed by atoms with E-state index < -0.39 is 6.10 Å². The molecule has 10 heteroatoms. The second kappa shape index (κ2) is 13.5. The first-order valence-electron chi connectivity index (χ1n) is 10.7. The van der Waals surface area contributed by atoms with Crippen molar-refractivity contribution < 1.29 is 19.4 Å². The summed E-state index contributed by atoms with van der Waals surface area (Å²) >= 11 is 15.4. The second-order valence-electron chi connectivity index (χ2n) is 7.75. The van der Waals surface area contributed by atoms with Crippen LogP contribution in [0.1, 0.15) is 5.56 Å². The van der Waals surface area contributed by atoms with E-state index in [9.17, 15) is 9.90 Å². The molecule has 1 saturated heterocycles. The predicted molar refractivity (Wildman–Crippen MR) is 134 cm³/mol. The van der Waals surface area contributed by atoms with Gasteiger partial charge >= 0.3 is 6.03 Å². The summed E-state index contributed by atoms with van der Waals surface area (Å²) in [7, 11) is 0. The number of morpholine rings is 1. The van der Waals surface area contributed by atoms with E-state index in [4.69, 9.17) is 32.7 Å². The molecule has 7 nitrogen and oxygen atoms in total. The summed E-state index contributed by atoms with van der Waals surface area (Å²) in [6.45, 7) is 4.74. The number of benzene rings is 2. The van der Waals surface area contributed by atoms with Crippen LogP contribution in [0.25, 0.3) is 0 Å². The molecule has 1 atom stereocenters. The summed E-state index contributed by atoms with van der Waals surface area (Å²) < 4.78 is 12.0. The molecule has 2 aromatic rings. The van der Waals surface area contributed by atoms with Gasteiger partial charge in [-0.1, -0.05) is 45.2 Å².